The van der Waals surface area contributed by atoms with Crippen LogP contribution in [-0.4, -0.2) is 20.4 Å². The highest BCUT2D eigenvalue weighted by molar-refractivity contribution is 9.10. The number of aryl methyl sites for hydroxylation is 2. The minimum absolute atomic E-state index is 0.283. The molecule has 6 rings (SSSR count). The molecule has 0 amide bonds. The Labute approximate surface area is 261 Å². The Morgan fingerprint density at radius 2 is 1.26 bits per heavy atom. The summed E-state index contributed by atoms with van der Waals surface area (Å²) in [6.07, 6.45) is 0. The Hall–Kier alpha value is -4.53. The first-order valence-corrected chi connectivity index (χ1v) is 14.9. The van der Waals surface area contributed by atoms with E-state index >= 15 is 0 Å². The lowest BCUT2D eigenvalue weighted by Crippen LogP contribution is -2.20. The first-order valence-electron chi connectivity index (χ1n) is 13.7. The molecule has 4 aromatic carbocycles. The molecule has 0 aliphatic carbocycles. The fraction of sp³-hybridized carbons (Fsp3) is 0.118. The van der Waals surface area contributed by atoms with Crippen LogP contribution in [0.3, 0.4) is 0 Å². The van der Waals surface area contributed by atoms with E-state index in [2.05, 4.69) is 36.3 Å². The van der Waals surface area contributed by atoms with Crippen LogP contribution in [0.1, 0.15) is 39.3 Å². The van der Waals surface area contributed by atoms with Crippen LogP contribution in [0.25, 0.3) is 22.5 Å². The fourth-order valence-electron chi connectivity index (χ4n) is 5.24. The maximum Gasteiger partial charge on any atom is 0.268 e. The molecule has 2 aromatic heterocycles. The number of aromatic amines is 4. The lowest BCUT2D eigenvalue weighted by atomic mass is 9.83. The molecule has 9 heteroatoms. The number of hydrogen-bond donors (Lipinski definition) is 4. The predicted molar refractivity (Wildman–Crippen MR) is 174 cm³/mol. The van der Waals surface area contributed by atoms with E-state index in [1.54, 1.807) is 0 Å². The van der Waals surface area contributed by atoms with Gasteiger partial charge in [0.2, 0.25) is 0 Å². The van der Waals surface area contributed by atoms with Crippen LogP contribution in [0, 0.1) is 13.8 Å². The van der Waals surface area contributed by atoms with Crippen LogP contribution in [0.4, 0.5) is 0 Å². The van der Waals surface area contributed by atoms with Crippen molar-refractivity contribution in [3.8, 4) is 28.3 Å². The summed E-state index contributed by atoms with van der Waals surface area (Å²) >= 11 is 9.99. The summed E-state index contributed by atoms with van der Waals surface area (Å²) < 4.78 is 6.77. The van der Waals surface area contributed by atoms with Gasteiger partial charge in [-0.2, -0.15) is 0 Å². The third-order valence-electron chi connectivity index (χ3n) is 7.52. The van der Waals surface area contributed by atoms with E-state index < -0.39 is 5.92 Å². The molecule has 0 bridgehead atoms. The Bertz CT molecular complexity index is 1920. The zero-order valence-corrected chi connectivity index (χ0v) is 25.8. The van der Waals surface area contributed by atoms with Crippen molar-refractivity contribution in [2.75, 3.05) is 0 Å². The zero-order valence-electron chi connectivity index (χ0n) is 23.4. The summed E-state index contributed by atoms with van der Waals surface area (Å²) in [5.74, 6) is -0.127. The molecule has 0 spiro atoms. The average molecular weight is 656 g/mol. The highest BCUT2D eigenvalue weighted by Crippen LogP contribution is 2.40. The Morgan fingerprint density at radius 3 is 1.77 bits per heavy atom. The highest BCUT2D eigenvalue weighted by Gasteiger charge is 2.31. The third kappa shape index (κ3) is 5.76. The van der Waals surface area contributed by atoms with E-state index in [-0.39, 0.29) is 17.7 Å². The monoisotopic (exact) mass is 654 g/mol. The number of benzene rings is 4. The SMILES string of the molecule is Cc1ccc(-c2[nH][nH]c(=O)c2C(c2ccc(OCc3ccccc3Cl)c(Br)c2)c2c(-c3ccc(C)cc3)[nH][nH]c2=O)cc1. The molecule has 0 radical (unpaired) electrons. The Kier molecular flexibility index (Phi) is 7.97. The normalized spacial score (nSPS) is 11.3. The summed E-state index contributed by atoms with van der Waals surface area (Å²) in [6, 6.07) is 28.9. The van der Waals surface area contributed by atoms with Crippen LogP contribution in [0.2, 0.25) is 5.02 Å². The number of hydrogen-bond acceptors (Lipinski definition) is 3. The van der Waals surface area contributed by atoms with Crippen LogP contribution in [-0.2, 0) is 6.61 Å². The largest absolute Gasteiger partial charge is 0.488 e. The van der Waals surface area contributed by atoms with Crippen LogP contribution in [0.5, 0.6) is 5.75 Å². The van der Waals surface area contributed by atoms with E-state index in [0.717, 1.165) is 33.4 Å². The maximum absolute atomic E-state index is 13.6. The van der Waals surface area contributed by atoms with Crippen LogP contribution < -0.4 is 15.9 Å². The van der Waals surface area contributed by atoms with E-state index in [4.69, 9.17) is 16.3 Å². The molecule has 0 saturated carbocycles. The second-order valence-electron chi connectivity index (χ2n) is 10.5. The molecule has 216 valence electrons. The van der Waals surface area contributed by atoms with E-state index in [1.807, 2.05) is 105 Å². The number of H-pyrrole nitrogens is 4. The van der Waals surface area contributed by atoms with Gasteiger partial charge >= 0.3 is 0 Å². The molecule has 43 heavy (non-hydrogen) atoms. The number of halogens is 2. The number of ether oxygens (including phenoxy) is 1. The first-order chi connectivity index (χ1) is 20.8. The Balaban J connectivity index is 1.50. The lowest BCUT2D eigenvalue weighted by Gasteiger charge is -2.19. The molecule has 0 fully saturated rings. The maximum atomic E-state index is 13.6. The van der Waals surface area contributed by atoms with Gasteiger partial charge in [0.1, 0.15) is 12.4 Å². The van der Waals surface area contributed by atoms with Gasteiger partial charge in [0.15, 0.2) is 0 Å². The minimum Gasteiger partial charge on any atom is -0.488 e. The molecule has 0 saturated heterocycles. The minimum atomic E-state index is -0.730. The summed E-state index contributed by atoms with van der Waals surface area (Å²) in [7, 11) is 0. The number of aromatic nitrogens is 4. The van der Waals surface area contributed by atoms with Gasteiger partial charge in [-0.15, -0.1) is 0 Å². The molecule has 0 unspecified atom stereocenters. The van der Waals surface area contributed by atoms with Crippen molar-refractivity contribution < 1.29 is 4.74 Å². The highest BCUT2D eigenvalue weighted by atomic mass is 79.9. The molecule has 2 heterocycles. The molecule has 0 aliphatic heterocycles. The van der Waals surface area contributed by atoms with Gasteiger partial charge in [0, 0.05) is 16.5 Å². The van der Waals surface area contributed by atoms with Crippen molar-refractivity contribution in [2.24, 2.45) is 0 Å². The average Bonchev–Trinajstić information content (AvgIpc) is 3.57. The van der Waals surface area contributed by atoms with Crippen molar-refractivity contribution in [1.29, 1.82) is 0 Å². The van der Waals surface area contributed by atoms with Gasteiger partial charge in [0.05, 0.1) is 27.0 Å². The molecule has 0 aliphatic rings. The molecular weight excluding hydrogens is 628 g/mol. The van der Waals surface area contributed by atoms with Gasteiger partial charge in [-0.25, -0.2) is 0 Å². The summed E-state index contributed by atoms with van der Waals surface area (Å²) in [6.45, 7) is 4.30. The number of rotatable bonds is 8. The van der Waals surface area contributed by atoms with Crippen molar-refractivity contribution >= 4 is 27.5 Å². The topological polar surface area (TPSA) is 107 Å². The van der Waals surface area contributed by atoms with Gasteiger partial charge in [-0.3, -0.25) is 30.0 Å². The number of nitrogens with one attached hydrogen (secondary N) is 4. The molecule has 7 nitrogen and oxygen atoms in total. The third-order valence-corrected chi connectivity index (χ3v) is 8.51. The molecule has 4 N–H and O–H groups in total. The quantitative estimate of drug-likeness (QED) is 0.134. The van der Waals surface area contributed by atoms with E-state index in [1.165, 1.54) is 0 Å². The molecular formula is C34H28BrClN4O3. The standard InChI is InChI=1S/C34H28BrClN4O3/c1-19-7-11-21(12-8-19)31-29(33(41)39-37-31)28(30-32(38-40-34(30)42)22-13-9-20(2)10-14-22)23-15-16-27(25(35)17-23)43-18-24-5-3-4-6-26(24)36/h3-17,28H,18H2,1-2H3,(H2,37,39,41)(H2,38,40,42). The van der Waals surface area contributed by atoms with Gasteiger partial charge in [0.25, 0.3) is 11.1 Å². The van der Waals surface area contributed by atoms with Crippen LogP contribution in [0.15, 0.2) is 105 Å². The zero-order chi connectivity index (χ0) is 30.1. The summed E-state index contributed by atoms with van der Waals surface area (Å²) in [4.78, 5) is 27.2. The van der Waals surface area contributed by atoms with Crippen molar-refractivity contribution in [3.05, 3.63) is 155 Å². The molecule has 0 atom stereocenters. The second-order valence-corrected chi connectivity index (χ2v) is 11.7. The van der Waals surface area contributed by atoms with Gasteiger partial charge < -0.3 is 4.74 Å². The Morgan fingerprint density at radius 1 is 0.721 bits per heavy atom. The van der Waals surface area contributed by atoms with E-state index in [0.29, 0.717) is 37.8 Å². The summed E-state index contributed by atoms with van der Waals surface area (Å²) in [5.41, 5.74) is 6.89. The molecule has 6 aromatic rings. The van der Waals surface area contributed by atoms with Crippen LogP contribution >= 0.6 is 27.5 Å². The van der Waals surface area contributed by atoms with E-state index in [9.17, 15) is 9.59 Å². The summed E-state index contributed by atoms with van der Waals surface area (Å²) in [5, 5.41) is 12.3. The van der Waals surface area contributed by atoms with Gasteiger partial charge in [-0.05, 0) is 64.7 Å². The van der Waals surface area contributed by atoms with Crippen molar-refractivity contribution in [3.63, 3.8) is 0 Å². The second kappa shape index (κ2) is 12.0. The predicted octanol–water partition coefficient (Wildman–Crippen LogP) is 7.85. The fourth-order valence-corrected chi connectivity index (χ4v) is 5.95. The van der Waals surface area contributed by atoms with Gasteiger partial charge in [-0.1, -0.05) is 95.5 Å². The first kappa shape index (κ1) is 28.6. The smallest absolute Gasteiger partial charge is 0.268 e. The van der Waals surface area contributed by atoms with Crippen molar-refractivity contribution in [2.45, 2.75) is 26.4 Å². The lowest BCUT2D eigenvalue weighted by molar-refractivity contribution is 0.304. The van der Waals surface area contributed by atoms with Crippen molar-refractivity contribution in [1.82, 2.24) is 20.4 Å².